The molecule has 0 heterocycles. The first-order valence-electron chi connectivity index (χ1n) is 11.9. The van der Waals surface area contributed by atoms with Gasteiger partial charge in [-0.05, 0) is 27.2 Å². The lowest BCUT2D eigenvalue weighted by molar-refractivity contribution is -0.156. The number of hydrogen-bond donors (Lipinski definition) is 0. The van der Waals surface area contributed by atoms with Crippen LogP contribution in [-0.4, -0.2) is 81.9 Å². The number of Topliss-reactive ketones (excluding diaryl/α,β-unsaturated/α-hetero) is 1. The number of carbonyl (C=O) groups is 6. The number of carbonyl (C=O) groups excluding carboxylic acids is 6. The van der Waals surface area contributed by atoms with E-state index in [0.29, 0.717) is 0 Å². The van der Waals surface area contributed by atoms with Crippen molar-refractivity contribution in [3.63, 3.8) is 0 Å². The van der Waals surface area contributed by atoms with Crippen molar-refractivity contribution in [3.8, 4) is 0 Å². The normalized spacial score (nSPS) is 10.5. The lowest BCUT2D eigenvalue weighted by Gasteiger charge is -2.31. The van der Waals surface area contributed by atoms with Crippen LogP contribution in [0.15, 0.2) is 36.5 Å². The summed E-state index contributed by atoms with van der Waals surface area (Å²) in [6.45, 7) is 15.6. The van der Waals surface area contributed by atoms with Gasteiger partial charge in [0.15, 0.2) is 5.78 Å². The van der Waals surface area contributed by atoms with Gasteiger partial charge in [-0.25, -0.2) is 24.0 Å². The van der Waals surface area contributed by atoms with Gasteiger partial charge in [-0.1, -0.05) is 26.7 Å². The van der Waals surface area contributed by atoms with E-state index in [1.54, 1.807) is 27.7 Å². The molecule has 0 unspecified atom stereocenters. The van der Waals surface area contributed by atoms with Crippen LogP contribution in [0.3, 0.4) is 0 Å². The van der Waals surface area contributed by atoms with Crippen molar-refractivity contribution in [1.29, 1.82) is 0 Å². The molecule has 38 heavy (non-hydrogen) atoms. The SMILES string of the molecule is C=C(C(=O)CCOCC(CC)(COC(=O)C(=C)C(=O)OCC)COC(=O)C(=C)C(=O)OCC)C(=O)OCC. The molecule has 0 aromatic carbocycles. The Morgan fingerprint density at radius 1 is 0.553 bits per heavy atom. The predicted molar refractivity (Wildman–Crippen MR) is 132 cm³/mol. The second kappa shape index (κ2) is 17.6. The van der Waals surface area contributed by atoms with Crippen LogP contribution >= 0.6 is 0 Å². The molecule has 0 fully saturated rings. The van der Waals surface area contributed by atoms with Crippen LogP contribution < -0.4 is 0 Å². The fourth-order valence-corrected chi connectivity index (χ4v) is 2.58. The van der Waals surface area contributed by atoms with Gasteiger partial charge >= 0.3 is 29.8 Å². The molecule has 12 nitrogen and oxygen atoms in total. The number of ketones is 1. The van der Waals surface area contributed by atoms with Crippen molar-refractivity contribution >= 4 is 35.6 Å². The number of hydrogen-bond acceptors (Lipinski definition) is 12. The van der Waals surface area contributed by atoms with Crippen molar-refractivity contribution in [2.75, 3.05) is 46.2 Å². The molecule has 0 saturated heterocycles. The van der Waals surface area contributed by atoms with E-state index in [1.807, 2.05) is 0 Å². The number of esters is 5. The van der Waals surface area contributed by atoms with Crippen LogP contribution in [0.4, 0.5) is 0 Å². The van der Waals surface area contributed by atoms with Gasteiger partial charge in [-0.3, -0.25) is 4.79 Å². The Morgan fingerprint density at radius 2 is 0.921 bits per heavy atom. The Labute approximate surface area is 221 Å². The summed E-state index contributed by atoms with van der Waals surface area (Å²) in [4.78, 5) is 71.9. The Balaban J connectivity index is 5.40. The minimum Gasteiger partial charge on any atom is -0.462 e. The van der Waals surface area contributed by atoms with Gasteiger partial charge < -0.3 is 28.4 Å². The molecule has 12 heteroatoms. The predicted octanol–water partition coefficient (Wildman–Crippen LogP) is 1.80. The maximum atomic E-state index is 12.3. The summed E-state index contributed by atoms with van der Waals surface area (Å²) in [6, 6.07) is 0. The third-order valence-electron chi connectivity index (χ3n) is 5.05. The summed E-state index contributed by atoms with van der Waals surface area (Å²) < 4.78 is 30.2. The maximum absolute atomic E-state index is 12.3. The third-order valence-corrected chi connectivity index (χ3v) is 5.05. The van der Waals surface area contributed by atoms with Gasteiger partial charge in [-0.2, -0.15) is 0 Å². The Morgan fingerprint density at radius 3 is 1.29 bits per heavy atom. The van der Waals surface area contributed by atoms with Crippen molar-refractivity contribution < 1.29 is 57.2 Å². The Bertz CT molecular complexity index is 885. The fraction of sp³-hybridized carbons (Fsp3) is 0.538. The van der Waals surface area contributed by atoms with E-state index in [0.717, 1.165) is 0 Å². The summed E-state index contributed by atoms with van der Waals surface area (Å²) >= 11 is 0. The highest BCUT2D eigenvalue weighted by Gasteiger charge is 2.35. The van der Waals surface area contributed by atoms with Crippen molar-refractivity contribution in [2.24, 2.45) is 5.41 Å². The maximum Gasteiger partial charge on any atom is 0.344 e. The molecule has 0 rings (SSSR count). The molecular weight excluding hydrogens is 504 g/mol. The second-order valence-corrected chi connectivity index (χ2v) is 7.83. The molecule has 0 aliphatic heterocycles. The highest BCUT2D eigenvalue weighted by molar-refractivity contribution is 6.16. The molecule has 0 amide bonds. The van der Waals surface area contributed by atoms with Crippen LogP contribution in [0, 0.1) is 5.41 Å². The average molecular weight is 541 g/mol. The van der Waals surface area contributed by atoms with Gasteiger partial charge in [0.05, 0.1) is 44.0 Å². The average Bonchev–Trinajstić information content (AvgIpc) is 2.90. The molecule has 0 radical (unpaired) electrons. The topological polar surface area (TPSA) is 158 Å². The minimum atomic E-state index is -1.16. The van der Waals surface area contributed by atoms with E-state index < -0.39 is 52.2 Å². The molecule has 0 N–H and O–H groups in total. The zero-order valence-electron chi connectivity index (χ0n) is 22.4. The van der Waals surface area contributed by atoms with E-state index in [1.165, 1.54) is 0 Å². The van der Waals surface area contributed by atoms with Gasteiger partial charge in [0, 0.05) is 6.42 Å². The van der Waals surface area contributed by atoms with E-state index >= 15 is 0 Å². The summed E-state index contributed by atoms with van der Waals surface area (Å²) in [7, 11) is 0. The van der Waals surface area contributed by atoms with Crippen LogP contribution in [0.5, 0.6) is 0 Å². The summed E-state index contributed by atoms with van der Waals surface area (Å²) in [5.74, 6) is -5.42. The highest BCUT2D eigenvalue weighted by Crippen LogP contribution is 2.25. The minimum absolute atomic E-state index is 0.0273. The molecule has 0 aliphatic carbocycles. The lowest BCUT2D eigenvalue weighted by atomic mass is 9.88. The molecule has 0 spiro atoms. The Hall–Kier alpha value is -3.80. The molecular formula is C26H36O12. The van der Waals surface area contributed by atoms with Crippen molar-refractivity contribution in [1.82, 2.24) is 0 Å². The second-order valence-electron chi connectivity index (χ2n) is 7.83. The van der Waals surface area contributed by atoms with Crippen LogP contribution in [0.2, 0.25) is 0 Å². The van der Waals surface area contributed by atoms with Crippen LogP contribution in [0.25, 0.3) is 0 Å². The first kappa shape index (κ1) is 34.2. The number of ether oxygens (including phenoxy) is 6. The molecule has 0 saturated carbocycles. The van der Waals surface area contributed by atoms with Gasteiger partial charge in [0.1, 0.15) is 24.4 Å². The van der Waals surface area contributed by atoms with E-state index in [2.05, 4.69) is 19.7 Å². The van der Waals surface area contributed by atoms with Gasteiger partial charge in [0.2, 0.25) is 0 Å². The van der Waals surface area contributed by atoms with E-state index in [9.17, 15) is 28.8 Å². The molecule has 0 aliphatic rings. The quantitative estimate of drug-likeness (QED) is 0.0585. The summed E-state index contributed by atoms with van der Waals surface area (Å²) in [6.07, 6.45) is 0.0329. The zero-order chi connectivity index (χ0) is 29.3. The lowest BCUT2D eigenvalue weighted by Crippen LogP contribution is -2.39. The monoisotopic (exact) mass is 540 g/mol. The summed E-state index contributed by atoms with van der Waals surface area (Å²) in [5.41, 5.74) is -2.55. The first-order chi connectivity index (χ1) is 17.9. The summed E-state index contributed by atoms with van der Waals surface area (Å²) in [5, 5.41) is 0. The molecule has 0 aromatic heterocycles. The largest absolute Gasteiger partial charge is 0.462 e. The van der Waals surface area contributed by atoms with Gasteiger partial charge in [0.25, 0.3) is 0 Å². The Kier molecular flexibility index (Phi) is 15.9. The molecule has 0 atom stereocenters. The van der Waals surface area contributed by atoms with E-state index in [4.69, 9.17) is 28.4 Å². The highest BCUT2D eigenvalue weighted by atomic mass is 16.6. The standard InChI is InChI=1S/C26H36O12/c1-8-26(15-37-24(31)18(6)22(29)35-10-3,16-38-25(32)19(7)23(30)36-11-4)14-33-13-12-20(27)17(5)21(28)34-9-2/h5-16H2,1-4H3. The van der Waals surface area contributed by atoms with Crippen LogP contribution in [0.1, 0.15) is 40.5 Å². The molecule has 0 bridgehead atoms. The zero-order valence-corrected chi connectivity index (χ0v) is 22.4. The third kappa shape index (κ3) is 11.5. The number of rotatable bonds is 19. The van der Waals surface area contributed by atoms with Crippen molar-refractivity contribution in [3.05, 3.63) is 36.5 Å². The first-order valence-corrected chi connectivity index (χ1v) is 11.9. The van der Waals surface area contributed by atoms with Crippen molar-refractivity contribution in [2.45, 2.75) is 40.5 Å². The van der Waals surface area contributed by atoms with E-state index in [-0.39, 0.29) is 64.7 Å². The van der Waals surface area contributed by atoms with Gasteiger partial charge in [-0.15, -0.1) is 0 Å². The molecule has 0 aromatic rings. The fourth-order valence-electron chi connectivity index (χ4n) is 2.58. The molecule has 212 valence electrons. The smallest absolute Gasteiger partial charge is 0.344 e. The van der Waals surface area contributed by atoms with Crippen LogP contribution in [-0.2, 0) is 57.2 Å².